The first kappa shape index (κ1) is 13.9. The molecule has 1 aromatic rings. The topological polar surface area (TPSA) is 91.3 Å². The van der Waals surface area contributed by atoms with Crippen LogP contribution in [-0.4, -0.2) is 16.3 Å². The third kappa shape index (κ3) is 3.39. The average molecular weight is 363 g/mol. The SMILES string of the molecule is NCc1ncc(I)c(OC(F)(F)F)c1[N+](=O)[O-]. The van der Waals surface area contributed by atoms with Gasteiger partial charge in [0.15, 0.2) is 0 Å². The van der Waals surface area contributed by atoms with E-state index < -0.39 is 22.7 Å². The summed E-state index contributed by atoms with van der Waals surface area (Å²) < 4.78 is 39.8. The second-order valence-electron chi connectivity index (χ2n) is 2.74. The molecule has 1 aromatic heterocycles. The van der Waals surface area contributed by atoms with E-state index in [0.717, 1.165) is 6.20 Å². The fourth-order valence-corrected chi connectivity index (χ4v) is 1.55. The van der Waals surface area contributed by atoms with Gasteiger partial charge in [-0.15, -0.1) is 13.2 Å². The second kappa shape index (κ2) is 5.00. The van der Waals surface area contributed by atoms with Crippen LogP contribution in [0.3, 0.4) is 0 Å². The fourth-order valence-electron chi connectivity index (χ4n) is 1.05. The zero-order valence-corrected chi connectivity index (χ0v) is 10.2. The monoisotopic (exact) mass is 363 g/mol. The van der Waals surface area contributed by atoms with Crippen LogP contribution in [-0.2, 0) is 6.54 Å². The quantitative estimate of drug-likeness (QED) is 0.504. The van der Waals surface area contributed by atoms with Crippen molar-refractivity contribution in [1.82, 2.24) is 4.98 Å². The molecule has 0 aliphatic heterocycles. The van der Waals surface area contributed by atoms with Crippen LogP contribution in [0.15, 0.2) is 6.20 Å². The Hall–Kier alpha value is -1.17. The number of aromatic nitrogens is 1. The van der Waals surface area contributed by atoms with Crippen molar-refractivity contribution in [3.05, 3.63) is 25.6 Å². The molecule has 6 nitrogen and oxygen atoms in total. The van der Waals surface area contributed by atoms with Crippen molar-refractivity contribution >= 4 is 28.3 Å². The molecule has 0 radical (unpaired) electrons. The van der Waals surface area contributed by atoms with Crippen LogP contribution < -0.4 is 10.5 Å². The summed E-state index contributed by atoms with van der Waals surface area (Å²) in [6.45, 7) is -0.360. The molecular weight excluding hydrogens is 358 g/mol. The molecule has 1 rings (SSSR count). The van der Waals surface area contributed by atoms with E-state index in [-0.39, 0.29) is 15.8 Å². The van der Waals surface area contributed by atoms with Gasteiger partial charge in [-0.1, -0.05) is 0 Å². The van der Waals surface area contributed by atoms with Gasteiger partial charge < -0.3 is 10.5 Å². The summed E-state index contributed by atoms with van der Waals surface area (Å²) in [6, 6.07) is 0. The lowest BCUT2D eigenvalue weighted by molar-refractivity contribution is -0.389. The first-order chi connectivity index (χ1) is 7.76. The molecule has 1 heterocycles. The molecule has 2 N–H and O–H groups in total. The largest absolute Gasteiger partial charge is 0.573 e. The van der Waals surface area contributed by atoms with Gasteiger partial charge in [-0.3, -0.25) is 15.1 Å². The van der Waals surface area contributed by atoms with Gasteiger partial charge in [-0.25, -0.2) is 0 Å². The van der Waals surface area contributed by atoms with Crippen molar-refractivity contribution < 1.29 is 22.8 Å². The lowest BCUT2D eigenvalue weighted by Crippen LogP contribution is -2.20. The van der Waals surface area contributed by atoms with E-state index in [1.807, 2.05) is 0 Å². The number of alkyl halides is 3. The van der Waals surface area contributed by atoms with Crippen molar-refractivity contribution in [3.63, 3.8) is 0 Å². The van der Waals surface area contributed by atoms with Crippen molar-refractivity contribution in [2.45, 2.75) is 12.9 Å². The van der Waals surface area contributed by atoms with E-state index in [0.29, 0.717) is 0 Å². The number of hydrogen-bond donors (Lipinski definition) is 1. The highest BCUT2D eigenvalue weighted by Gasteiger charge is 2.37. The summed E-state index contributed by atoms with van der Waals surface area (Å²) in [7, 11) is 0. The first-order valence-corrected chi connectivity index (χ1v) is 5.11. The van der Waals surface area contributed by atoms with Gasteiger partial charge in [0, 0.05) is 12.7 Å². The Balaban J connectivity index is 3.39. The predicted octanol–water partition coefficient (Wildman–Crippen LogP) is 1.95. The van der Waals surface area contributed by atoms with E-state index in [1.54, 1.807) is 0 Å². The Morgan fingerprint density at radius 2 is 2.18 bits per heavy atom. The first-order valence-electron chi connectivity index (χ1n) is 4.04. The highest BCUT2D eigenvalue weighted by Crippen LogP contribution is 2.37. The summed E-state index contributed by atoms with van der Waals surface area (Å²) in [5, 5.41) is 10.7. The van der Waals surface area contributed by atoms with Gasteiger partial charge in [-0.2, -0.15) is 0 Å². The third-order valence-electron chi connectivity index (χ3n) is 1.63. The minimum absolute atomic E-state index is 0.121. The molecule has 94 valence electrons. The van der Waals surface area contributed by atoms with Crippen molar-refractivity contribution in [2.24, 2.45) is 5.73 Å². The average Bonchev–Trinajstić information content (AvgIpc) is 2.18. The molecule has 0 amide bonds. The van der Waals surface area contributed by atoms with Crippen molar-refractivity contribution in [1.29, 1.82) is 0 Å². The van der Waals surface area contributed by atoms with E-state index >= 15 is 0 Å². The Bertz CT molecular complexity index is 452. The molecule has 0 saturated carbocycles. The van der Waals surface area contributed by atoms with Crippen molar-refractivity contribution in [3.8, 4) is 5.75 Å². The van der Waals surface area contributed by atoms with Gasteiger partial charge in [0.2, 0.25) is 5.75 Å². The maximum Gasteiger partial charge on any atom is 0.573 e. The van der Waals surface area contributed by atoms with Gasteiger partial charge in [-0.05, 0) is 22.6 Å². The highest BCUT2D eigenvalue weighted by atomic mass is 127. The molecule has 0 saturated heterocycles. The summed E-state index contributed by atoms with van der Waals surface area (Å²) >= 11 is 1.46. The zero-order valence-electron chi connectivity index (χ0n) is 7.99. The minimum Gasteiger partial charge on any atom is -0.397 e. The number of nitrogens with two attached hydrogens (primary N) is 1. The zero-order chi connectivity index (χ0) is 13.2. The van der Waals surface area contributed by atoms with Crippen molar-refractivity contribution in [2.75, 3.05) is 0 Å². The molecule has 0 aliphatic rings. The number of rotatable bonds is 3. The molecule has 0 aromatic carbocycles. The summed E-state index contributed by atoms with van der Waals surface area (Å²) in [5.74, 6) is -0.890. The maximum atomic E-state index is 12.1. The lowest BCUT2D eigenvalue weighted by atomic mass is 10.3. The normalized spacial score (nSPS) is 11.4. The molecular formula is C7H5F3IN3O3. The number of hydrogen-bond acceptors (Lipinski definition) is 5. The molecule has 10 heteroatoms. The van der Waals surface area contributed by atoms with Gasteiger partial charge >= 0.3 is 12.0 Å². The van der Waals surface area contributed by atoms with E-state index in [2.05, 4.69) is 9.72 Å². The van der Waals surface area contributed by atoms with Crippen LogP contribution in [0.4, 0.5) is 18.9 Å². The predicted molar refractivity (Wildman–Crippen MR) is 58.2 cm³/mol. The summed E-state index contributed by atoms with van der Waals surface area (Å²) in [4.78, 5) is 13.3. The van der Waals surface area contributed by atoms with Crippen LogP contribution in [0.2, 0.25) is 0 Å². The fraction of sp³-hybridized carbons (Fsp3) is 0.286. The number of ether oxygens (including phenoxy) is 1. The summed E-state index contributed by atoms with van der Waals surface area (Å²) in [5.41, 5.74) is 4.03. The molecule has 17 heavy (non-hydrogen) atoms. The minimum atomic E-state index is -5.02. The molecule has 0 atom stereocenters. The Morgan fingerprint density at radius 1 is 1.59 bits per heavy atom. The maximum absolute atomic E-state index is 12.1. The highest BCUT2D eigenvalue weighted by molar-refractivity contribution is 14.1. The third-order valence-corrected chi connectivity index (χ3v) is 2.40. The van der Waals surface area contributed by atoms with Crippen LogP contribution in [0.25, 0.3) is 0 Å². The number of pyridine rings is 1. The van der Waals surface area contributed by atoms with Gasteiger partial charge in [0.05, 0.1) is 8.49 Å². The van der Waals surface area contributed by atoms with Crippen LogP contribution in [0, 0.1) is 13.7 Å². The van der Waals surface area contributed by atoms with E-state index in [9.17, 15) is 23.3 Å². The molecule has 0 spiro atoms. The van der Waals surface area contributed by atoms with Crippen LogP contribution in [0.5, 0.6) is 5.75 Å². The Labute approximate surface area is 106 Å². The smallest absolute Gasteiger partial charge is 0.397 e. The molecule has 0 fully saturated rings. The van der Waals surface area contributed by atoms with E-state index in [4.69, 9.17) is 5.73 Å². The number of nitro groups is 1. The second-order valence-corrected chi connectivity index (χ2v) is 3.90. The number of halogens is 4. The molecule has 0 unspecified atom stereocenters. The Kier molecular flexibility index (Phi) is 4.08. The van der Waals surface area contributed by atoms with E-state index in [1.165, 1.54) is 22.6 Å². The standard InChI is InChI=1S/C7H5F3IN3O3/c8-7(9,10)17-6-3(11)2-13-4(1-12)5(6)14(15)16/h2H,1,12H2. The van der Waals surface area contributed by atoms with Gasteiger partial charge in [0.1, 0.15) is 5.69 Å². The number of nitrogens with zero attached hydrogens (tertiary/aromatic N) is 2. The molecule has 0 bridgehead atoms. The molecule has 0 aliphatic carbocycles. The summed E-state index contributed by atoms with van der Waals surface area (Å²) in [6.07, 6.45) is -3.99. The van der Waals surface area contributed by atoms with Gasteiger partial charge in [0.25, 0.3) is 0 Å². The lowest BCUT2D eigenvalue weighted by Gasteiger charge is -2.11. The van der Waals surface area contributed by atoms with Crippen LogP contribution >= 0.6 is 22.6 Å². The van der Waals surface area contributed by atoms with Crippen LogP contribution in [0.1, 0.15) is 5.69 Å². The Morgan fingerprint density at radius 3 is 2.59 bits per heavy atom.